The average molecular weight is 310 g/mol. The van der Waals surface area contributed by atoms with E-state index in [2.05, 4.69) is 11.1 Å². The average Bonchev–Trinajstić information content (AvgIpc) is 2.45. The molecule has 1 heterocycles. The van der Waals surface area contributed by atoms with Gasteiger partial charge in [-0.15, -0.1) is 0 Å². The molecule has 1 aliphatic carbocycles. The Bertz CT molecular complexity index is 708. The van der Waals surface area contributed by atoms with Crippen molar-refractivity contribution in [2.45, 2.75) is 50.0 Å². The maximum atomic E-state index is 12.7. The van der Waals surface area contributed by atoms with Crippen molar-refractivity contribution in [2.75, 3.05) is 7.05 Å². The van der Waals surface area contributed by atoms with E-state index >= 15 is 0 Å². The zero-order chi connectivity index (χ0) is 16.8. The van der Waals surface area contributed by atoms with Crippen molar-refractivity contribution < 1.29 is 4.79 Å². The summed E-state index contributed by atoms with van der Waals surface area (Å²) in [6.45, 7) is 3.85. The summed E-state index contributed by atoms with van der Waals surface area (Å²) in [6.07, 6.45) is 2.93. The molecule has 1 unspecified atom stereocenters. The van der Waals surface area contributed by atoms with Crippen molar-refractivity contribution >= 4 is 11.9 Å². The number of amides is 1. The third-order valence-corrected chi connectivity index (χ3v) is 5.25. The number of nitrogens with zero attached hydrogens (tertiary/aromatic N) is 3. The van der Waals surface area contributed by atoms with Crippen molar-refractivity contribution in [1.29, 1.82) is 5.26 Å². The Morgan fingerprint density at radius 3 is 2.39 bits per heavy atom. The molecule has 0 spiro atoms. The monoisotopic (exact) mass is 310 g/mol. The van der Waals surface area contributed by atoms with Crippen LogP contribution in [0.25, 0.3) is 0 Å². The Hall–Kier alpha value is -2.35. The number of aliphatic imine (C=N–C) groups is 1. The highest BCUT2D eigenvalue weighted by Gasteiger charge is 2.43. The molecule has 23 heavy (non-hydrogen) atoms. The van der Waals surface area contributed by atoms with E-state index in [0.717, 1.165) is 30.4 Å². The summed E-state index contributed by atoms with van der Waals surface area (Å²) in [6, 6.07) is 10.4. The number of likely N-dealkylation sites (N-methyl/N-ethyl adjacent to an activating group) is 1. The molecule has 1 aromatic carbocycles. The van der Waals surface area contributed by atoms with Crippen molar-refractivity contribution in [3.63, 3.8) is 0 Å². The highest BCUT2D eigenvalue weighted by atomic mass is 16.2. The van der Waals surface area contributed by atoms with E-state index in [1.165, 1.54) is 4.90 Å². The van der Waals surface area contributed by atoms with Crippen LogP contribution in [0.1, 0.15) is 50.2 Å². The van der Waals surface area contributed by atoms with E-state index in [9.17, 15) is 10.1 Å². The van der Waals surface area contributed by atoms with Gasteiger partial charge in [0.2, 0.25) is 5.91 Å². The standard InChI is InChI=1S/C18H22N4O/c1-17(2)14(15(23)22(3)16(20)21-17)12-5-7-13(8-6-12)18(11-19)9-4-10-18/h5-8,14H,4,9-10H2,1-3H3,(H2,20,21). The van der Waals surface area contributed by atoms with E-state index in [1.54, 1.807) is 7.05 Å². The molecule has 3 rings (SSSR count). The summed E-state index contributed by atoms with van der Waals surface area (Å²) < 4.78 is 0. The highest BCUT2D eigenvalue weighted by Crippen LogP contribution is 2.44. The number of carbonyl (C=O) groups excluding carboxylic acids is 1. The van der Waals surface area contributed by atoms with E-state index in [4.69, 9.17) is 5.73 Å². The van der Waals surface area contributed by atoms with E-state index in [1.807, 2.05) is 38.1 Å². The van der Waals surface area contributed by atoms with Gasteiger partial charge >= 0.3 is 0 Å². The van der Waals surface area contributed by atoms with Gasteiger partial charge < -0.3 is 5.73 Å². The lowest BCUT2D eigenvalue weighted by atomic mass is 9.65. The summed E-state index contributed by atoms with van der Waals surface area (Å²) in [7, 11) is 1.65. The Morgan fingerprint density at radius 2 is 1.91 bits per heavy atom. The number of rotatable bonds is 2. The normalized spacial score (nSPS) is 25.3. The van der Waals surface area contributed by atoms with Crippen LogP contribution < -0.4 is 5.73 Å². The Kier molecular flexibility index (Phi) is 3.44. The fourth-order valence-corrected chi connectivity index (χ4v) is 3.58. The molecule has 5 heteroatoms. The number of hydrogen-bond donors (Lipinski definition) is 1. The van der Waals surface area contributed by atoms with Crippen LogP contribution in [-0.2, 0) is 10.2 Å². The molecule has 2 N–H and O–H groups in total. The molecule has 1 fully saturated rings. The van der Waals surface area contributed by atoms with Crippen LogP contribution in [0.2, 0.25) is 0 Å². The van der Waals surface area contributed by atoms with Gasteiger partial charge in [-0.2, -0.15) is 5.26 Å². The lowest BCUT2D eigenvalue weighted by molar-refractivity contribution is -0.130. The van der Waals surface area contributed by atoms with Crippen LogP contribution >= 0.6 is 0 Å². The number of benzene rings is 1. The molecule has 0 bridgehead atoms. The molecular formula is C18H22N4O. The lowest BCUT2D eigenvalue weighted by Gasteiger charge is -2.39. The van der Waals surface area contributed by atoms with E-state index in [0.29, 0.717) is 0 Å². The zero-order valence-corrected chi connectivity index (χ0v) is 13.8. The van der Waals surface area contributed by atoms with Crippen LogP contribution in [0.5, 0.6) is 0 Å². The van der Waals surface area contributed by atoms with Gasteiger partial charge in [-0.25, -0.2) is 4.99 Å². The van der Waals surface area contributed by atoms with Gasteiger partial charge in [-0.05, 0) is 44.2 Å². The predicted octanol–water partition coefficient (Wildman–Crippen LogP) is 2.28. The topological polar surface area (TPSA) is 82.5 Å². The number of nitriles is 1. The van der Waals surface area contributed by atoms with Gasteiger partial charge in [0.1, 0.15) is 0 Å². The minimum absolute atomic E-state index is 0.0473. The summed E-state index contributed by atoms with van der Waals surface area (Å²) in [5, 5.41) is 9.45. The van der Waals surface area contributed by atoms with E-state index in [-0.39, 0.29) is 23.2 Å². The molecular weight excluding hydrogens is 288 g/mol. The number of guanidine groups is 1. The van der Waals surface area contributed by atoms with Crippen molar-refractivity contribution in [2.24, 2.45) is 10.7 Å². The molecule has 5 nitrogen and oxygen atoms in total. The van der Waals surface area contributed by atoms with Gasteiger partial charge in [0.15, 0.2) is 5.96 Å². The lowest BCUT2D eigenvalue weighted by Crippen LogP contribution is -2.52. The zero-order valence-electron chi connectivity index (χ0n) is 13.8. The molecule has 0 aromatic heterocycles. The summed E-state index contributed by atoms with van der Waals surface area (Å²) in [4.78, 5) is 18.5. The fourth-order valence-electron chi connectivity index (χ4n) is 3.58. The number of carbonyl (C=O) groups is 1. The minimum Gasteiger partial charge on any atom is -0.369 e. The molecule has 1 aliphatic heterocycles. The molecule has 120 valence electrons. The van der Waals surface area contributed by atoms with Crippen molar-refractivity contribution in [3.8, 4) is 6.07 Å². The van der Waals surface area contributed by atoms with Crippen LogP contribution in [0.4, 0.5) is 0 Å². The molecule has 0 saturated heterocycles. The summed E-state index contributed by atoms with van der Waals surface area (Å²) >= 11 is 0. The molecule has 1 aromatic rings. The second-order valence-corrected chi connectivity index (χ2v) is 7.12. The minimum atomic E-state index is -0.585. The summed E-state index contributed by atoms with van der Waals surface area (Å²) in [5.74, 6) is -0.159. The summed E-state index contributed by atoms with van der Waals surface area (Å²) in [5.41, 5.74) is 6.88. The third kappa shape index (κ3) is 2.29. The van der Waals surface area contributed by atoms with Gasteiger partial charge in [-0.1, -0.05) is 24.3 Å². The number of hydrogen-bond acceptors (Lipinski definition) is 4. The first-order valence-corrected chi connectivity index (χ1v) is 7.95. The van der Waals surface area contributed by atoms with Crippen molar-refractivity contribution in [1.82, 2.24) is 4.90 Å². The van der Waals surface area contributed by atoms with Gasteiger partial charge in [0.05, 0.1) is 22.9 Å². The van der Waals surface area contributed by atoms with Gasteiger partial charge in [-0.3, -0.25) is 9.69 Å². The molecule has 0 radical (unpaired) electrons. The smallest absolute Gasteiger partial charge is 0.239 e. The molecule has 1 saturated carbocycles. The quantitative estimate of drug-likeness (QED) is 0.909. The third-order valence-electron chi connectivity index (χ3n) is 5.25. The molecule has 1 atom stereocenters. The maximum absolute atomic E-state index is 12.7. The fraction of sp³-hybridized carbons (Fsp3) is 0.500. The van der Waals surface area contributed by atoms with Crippen LogP contribution in [0.15, 0.2) is 29.3 Å². The Balaban J connectivity index is 1.96. The SMILES string of the molecule is CN1C(=O)C(c2ccc(C3(C#N)CCC3)cc2)C(C)(C)N=C1N. The van der Waals surface area contributed by atoms with Gasteiger partial charge in [0, 0.05) is 7.05 Å². The molecule has 2 aliphatic rings. The second-order valence-electron chi connectivity index (χ2n) is 7.12. The maximum Gasteiger partial charge on any atom is 0.239 e. The first-order valence-electron chi connectivity index (χ1n) is 7.95. The number of nitrogens with two attached hydrogens (primary N) is 1. The van der Waals surface area contributed by atoms with Crippen LogP contribution in [-0.4, -0.2) is 29.4 Å². The molecule has 1 amide bonds. The highest BCUT2D eigenvalue weighted by molar-refractivity contribution is 6.02. The largest absolute Gasteiger partial charge is 0.369 e. The first-order chi connectivity index (χ1) is 10.8. The van der Waals surface area contributed by atoms with Crippen molar-refractivity contribution in [3.05, 3.63) is 35.4 Å². The van der Waals surface area contributed by atoms with Gasteiger partial charge in [0.25, 0.3) is 0 Å². The van der Waals surface area contributed by atoms with E-state index < -0.39 is 5.54 Å². The first kappa shape index (κ1) is 15.5. The van der Waals surface area contributed by atoms with Crippen LogP contribution in [0, 0.1) is 11.3 Å². The Labute approximate surface area is 136 Å². The predicted molar refractivity (Wildman–Crippen MR) is 88.8 cm³/mol. The van der Waals surface area contributed by atoms with Crippen LogP contribution in [0.3, 0.4) is 0 Å². The Morgan fingerprint density at radius 1 is 1.30 bits per heavy atom. The second kappa shape index (κ2) is 5.09.